The van der Waals surface area contributed by atoms with Crippen LogP contribution in [0.2, 0.25) is 0 Å². The zero-order chi connectivity index (χ0) is 17.1. The van der Waals surface area contributed by atoms with Gasteiger partial charge in [-0.2, -0.15) is 0 Å². The van der Waals surface area contributed by atoms with Crippen molar-refractivity contribution in [2.75, 3.05) is 27.2 Å². The standard InChI is InChI=1S/C19H25N3OS/c1-14-18(19(23)22(3)16-9-11-21(2)12-10-16)24-17(20-14)13-15-7-5-4-6-8-15/h4-8,16H,9-13H2,1-3H3. The fraction of sp³-hybridized carbons (Fsp3) is 0.474. The highest BCUT2D eigenvalue weighted by Crippen LogP contribution is 2.24. The van der Waals surface area contributed by atoms with Gasteiger partial charge in [0.1, 0.15) is 4.88 Å². The number of thiazole rings is 1. The van der Waals surface area contributed by atoms with E-state index >= 15 is 0 Å². The second-order valence-corrected chi connectivity index (χ2v) is 7.72. The molecule has 0 N–H and O–H groups in total. The van der Waals surface area contributed by atoms with Crippen LogP contribution in [0.15, 0.2) is 30.3 Å². The molecule has 24 heavy (non-hydrogen) atoms. The summed E-state index contributed by atoms with van der Waals surface area (Å²) in [5.41, 5.74) is 2.09. The Kier molecular flexibility index (Phi) is 5.31. The van der Waals surface area contributed by atoms with Crippen LogP contribution in [0.4, 0.5) is 0 Å². The lowest BCUT2D eigenvalue weighted by Crippen LogP contribution is -2.44. The highest BCUT2D eigenvalue weighted by Gasteiger charge is 2.27. The van der Waals surface area contributed by atoms with E-state index in [4.69, 9.17) is 0 Å². The Morgan fingerprint density at radius 1 is 1.29 bits per heavy atom. The number of nitrogens with zero attached hydrogens (tertiary/aromatic N) is 3. The Hall–Kier alpha value is -1.72. The predicted molar refractivity (Wildman–Crippen MR) is 98.7 cm³/mol. The summed E-state index contributed by atoms with van der Waals surface area (Å²) in [4.78, 5) is 22.6. The van der Waals surface area contributed by atoms with Gasteiger partial charge < -0.3 is 9.80 Å². The van der Waals surface area contributed by atoms with E-state index in [1.165, 1.54) is 5.56 Å². The van der Waals surface area contributed by atoms with Crippen molar-refractivity contribution < 1.29 is 4.79 Å². The third-order valence-corrected chi connectivity index (χ3v) is 5.93. The number of piperidine rings is 1. The van der Waals surface area contributed by atoms with Crippen molar-refractivity contribution in [2.24, 2.45) is 0 Å². The van der Waals surface area contributed by atoms with Gasteiger partial charge in [0.2, 0.25) is 0 Å². The third-order valence-electron chi connectivity index (χ3n) is 4.79. The molecule has 5 heteroatoms. The van der Waals surface area contributed by atoms with Gasteiger partial charge in [0, 0.05) is 19.5 Å². The first kappa shape index (κ1) is 17.1. The van der Waals surface area contributed by atoms with Crippen molar-refractivity contribution in [1.82, 2.24) is 14.8 Å². The molecule has 1 amide bonds. The first-order valence-corrected chi connectivity index (χ1v) is 9.32. The molecule has 0 bridgehead atoms. The van der Waals surface area contributed by atoms with Crippen molar-refractivity contribution in [3.8, 4) is 0 Å². The summed E-state index contributed by atoms with van der Waals surface area (Å²) in [5, 5.41) is 1.01. The number of benzene rings is 1. The minimum atomic E-state index is 0.124. The molecule has 0 saturated carbocycles. The molecule has 4 nitrogen and oxygen atoms in total. The van der Waals surface area contributed by atoms with Gasteiger partial charge in [-0.3, -0.25) is 4.79 Å². The maximum Gasteiger partial charge on any atom is 0.265 e. The number of aryl methyl sites for hydroxylation is 1. The lowest BCUT2D eigenvalue weighted by Gasteiger charge is -2.34. The number of likely N-dealkylation sites (tertiary alicyclic amines) is 1. The van der Waals surface area contributed by atoms with E-state index < -0.39 is 0 Å². The molecule has 2 heterocycles. The van der Waals surface area contributed by atoms with Gasteiger partial charge in [0.15, 0.2) is 0 Å². The Morgan fingerprint density at radius 2 is 1.96 bits per heavy atom. The number of hydrogen-bond donors (Lipinski definition) is 0. The topological polar surface area (TPSA) is 36.4 Å². The molecule has 0 atom stereocenters. The first-order chi connectivity index (χ1) is 11.5. The summed E-state index contributed by atoms with van der Waals surface area (Å²) in [6.45, 7) is 4.06. The van der Waals surface area contributed by atoms with E-state index in [-0.39, 0.29) is 5.91 Å². The highest BCUT2D eigenvalue weighted by atomic mass is 32.1. The molecule has 2 aromatic rings. The lowest BCUT2D eigenvalue weighted by atomic mass is 10.0. The Morgan fingerprint density at radius 3 is 2.62 bits per heavy atom. The van der Waals surface area contributed by atoms with Crippen LogP contribution >= 0.6 is 11.3 Å². The van der Waals surface area contributed by atoms with Gasteiger partial charge in [-0.15, -0.1) is 11.3 Å². The van der Waals surface area contributed by atoms with Crippen LogP contribution < -0.4 is 0 Å². The molecule has 1 aliphatic rings. The van der Waals surface area contributed by atoms with Crippen molar-refractivity contribution >= 4 is 17.2 Å². The van der Waals surface area contributed by atoms with Gasteiger partial charge in [-0.25, -0.2) is 4.98 Å². The van der Waals surface area contributed by atoms with E-state index in [2.05, 4.69) is 29.1 Å². The number of amides is 1. The Bertz CT molecular complexity index is 690. The van der Waals surface area contributed by atoms with Crippen molar-refractivity contribution in [2.45, 2.75) is 32.2 Å². The van der Waals surface area contributed by atoms with E-state index in [0.717, 1.165) is 47.9 Å². The average Bonchev–Trinajstić information content (AvgIpc) is 2.95. The van der Waals surface area contributed by atoms with E-state index in [0.29, 0.717) is 6.04 Å². The van der Waals surface area contributed by atoms with Gasteiger partial charge in [0.25, 0.3) is 5.91 Å². The molecule has 1 aromatic heterocycles. The second-order valence-electron chi connectivity index (χ2n) is 6.64. The monoisotopic (exact) mass is 343 g/mol. The average molecular weight is 343 g/mol. The largest absolute Gasteiger partial charge is 0.338 e. The number of rotatable bonds is 4. The van der Waals surface area contributed by atoms with Crippen molar-refractivity contribution in [3.63, 3.8) is 0 Å². The van der Waals surface area contributed by atoms with Gasteiger partial charge in [-0.1, -0.05) is 30.3 Å². The first-order valence-electron chi connectivity index (χ1n) is 8.50. The summed E-state index contributed by atoms with van der Waals surface area (Å²) in [5.74, 6) is 0.124. The summed E-state index contributed by atoms with van der Waals surface area (Å²) < 4.78 is 0. The van der Waals surface area contributed by atoms with Crippen LogP contribution in [0.1, 0.15) is 38.8 Å². The summed E-state index contributed by atoms with van der Waals surface area (Å²) in [6.07, 6.45) is 2.89. The molecular formula is C19H25N3OS. The molecule has 1 fully saturated rings. The highest BCUT2D eigenvalue weighted by molar-refractivity contribution is 7.13. The van der Waals surface area contributed by atoms with Crippen LogP contribution in [0.3, 0.4) is 0 Å². The molecule has 1 saturated heterocycles. The number of carbonyl (C=O) groups is 1. The molecule has 0 spiro atoms. The van der Waals surface area contributed by atoms with E-state index in [1.54, 1.807) is 11.3 Å². The molecule has 1 aliphatic heterocycles. The van der Waals surface area contributed by atoms with Crippen LogP contribution in [0.25, 0.3) is 0 Å². The molecule has 1 aromatic carbocycles. The molecule has 3 rings (SSSR count). The summed E-state index contributed by atoms with van der Waals surface area (Å²) in [7, 11) is 4.08. The molecule has 0 aliphatic carbocycles. The molecular weight excluding hydrogens is 318 g/mol. The quantitative estimate of drug-likeness (QED) is 0.855. The number of aromatic nitrogens is 1. The second kappa shape index (κ2) is 7.45. The zero-order valence-electron chi connectivity index (χ0n) is 14.7. The normalized spacial score (nSPS) is 16.3. The van der Waals surface area contributed by atoms with Gasteiger partial charge in [0.05, 0.1) is 10.7 Å². The third kappa shape index (κ3) is 3.84. The summed E-state index contributed by atoms with van der Waals surface area (Å²) in [6, 6.07) is 10.6. The Balaban J connectivity index is 1.71. The van der Waals surface area contributed by atoms with E-state index in [9.17, 15) is 4.79 Å². The van der Waals surface area contributed by atoms with Crippen LogP contribution in [0.5, 0.6) is 0 Å². The maximum atomic E-state index is 12.9. The van der Waals surface area contributed by atoms with Crippen molar-refractivity contribution in [1.29, 1.82) is 0 Å². The van der Waals surface area contributed by atoms with Crippen LogP contribution in [-0.4, -0.2) is 53.9 Å². The smallest absolute Gasteiger partial charge is 0.265 e. The molecule has 0 unspecified atom stereocenters. The number of carbonyl (C=O) groups excluding carboxylic acids is 1. The number of hydrogen-bond acceptors (Lipinski definition) is 4. The lowest BCUT2D eigenvalue weighted by molar-refractivity contribution is 0.0663. The molecule has 128 valence electrons. The minimum absolute atomic E-state index is 0.124. The predicted octanol–water partition coefficient (Wildman–Crippen LogP) is 3.21. The van der Waals surface area contributed by atoms with Crippen LogP contribution in [-0.2, 0) is 6.42 Å². The molecule has 0 radical (unpaired) electrons. The fourth-order valence-corrected chi connectivity index (χ4v) is 4.29. The van der Waals surface area contributed by atoms with Crippen molar-refractivity contribution in [3.05, 3.63) is 51.5 Å². The van der Waals surface area contributed by atoms with Gasteiger partial charge in [-0.05, 0) is 45.5 Å². The van der Waals surface area contributed by atoms with Gasteiger partial charge >= 0.3 is 0 Å². The minimum Gasteiger partial charge on any atom is -0.338 e. The zero-order valence-corrected chi connectivity index (χ0v) is 15.5. The Labute approximate surface area is 148 Å². The van der Waals surface area contributed by atoms with E-state index in [1.807, 2.05) is 37.1 Å². The van der Waals surface area contributed by atoms with Crippen LogP contribution in [0, 0.1) is 6.92 Å². The maximum absolute atomic E-state index is 12.9. The summed E-state index contributed by atoms with van der Waals surface area (Å²) >= 11 is 1.54. The fourth-order valence-electron chi connectivity index (χ4n) is 3.21. The SMILES string of the molecule is Cc1nc(Cc2ccccc2)sc1C(=O)N(C)C1CCN(C)CC1.